The molecule has 0 aliphatic carbocycles. The van der Waals surface area contributed by atoms with Crippen LogP contribution in [0.25, 0.3) is 0 Å². The second kappa shape index (κ2) is 6.87. The molecule has 1 aromatic rings. The lowest BCUT2D eigenvalue weighted by molar-refractivity contribution is 0.0912. The van der Waals surface area contributed by atoms with Gasteiger partial charge >= 0.3 is 0 Å². The lowest BCUT2D eigenvalue weighted by Gasteiger charge is -2.32. The largest absolute Gasteiger partial charge is 0.393 e. The second-order valence-corrected chi connectivity index (χ2v) is 7.73. The quantitative estimate of drug-likeness (QED) is 0.852. The zero-order valence-electron chi connectivity index (χ0n) is 12.4. The standard InChI is InChI=1S/C15H24N2O3S/c1-12(18)15-5-7-17(8-6-15)21(19,20)11-14-4-2-3-13(9-14)10-16/h2-4,9,12,15,18H,5-8,10-11,16H2,1H3. The second-order valence-electron chi connectivity index (χ2n) is 5.76. The molecule has 118 valence electrons. The molecule has 1 atom stereocenters. The molecule has 0 spiro atoms. The number of nitrogens with two attached hydrogens (primary N) is 1. The topological polar surface area (TPSA) is 83.6 Å². The Morgan fingerprint density at radius 2 is 1.95 bits per heavy atom. The van der Waals surface area contributed by atoms with Crippen molar-refractivity contribution in [2.24, 2.45) is 11.7 Å². The van der Waals surface area contributed by atoms with Gasteiger partial charge in [-0.15, -0.1) is 0 Å². The number of aliphatic hydroxyl groups excluding tert-OH is 1. The molecule has 1 heterocycles. The van der Waals surface area contributed by atoms with E-state index in [1.54, 1.807) is 11.2 Å². The number of hydrogen-bond donors (Lipinski definition) is 2. The minimum Gasteiger partial charge on any atom is -0.393 e. The summed E-state index contributed by atoms with van der Waals surface area (Å²) in [5.41, 5.74) is 7.30. The van der Waals surface area contributed by atoms with Gasteiger partial charge in [0.25, 0.3) is 0 Å². The summed E-state index contributed by atoms with van der Waals surface area (Å²) in [5, 5.41) is 9.58. The minimum atomic E-state index is -3.30. The third kappa shape index (κ3) is 4.26. The van der Waals surface area contributed by atoms with Gasteiger partial charge in [-0.05, 0) is 36.8 Å². The highest BCUT2D eigenvalue weighted by atomic mass is 32.2. The molecule has 0 radical (unpaired) electrons. The molecule has 1 fully saturated rings. The molecule has 6 heteroatoms. The van der Waals surface area contributed by atoms with E-state index in [9.17, 15) is 13.5 Å². The van der Waals surface area contributed by atoms with Crippen LogP contribution in [-0.4, -0.2) is 37.0 Å². The van der Waals surface area contributed by atoms with Crippen molar-refractivity contribution in [1.82, 2.24) is 4.31 Å². The van der Waals surface area contributed by atoms with E-state index >= 15 is 0 Å². The molecule has 2 rings (SSSR count). The van der Waals surface area contributed by atoms with E-state index < -0.39 is 10.0 Å². The number of rotatable bonds is 5. The van der Waals surface area contributed by atoms with Crippen LogP contribution in [0, 0.1) is 5.92 Å². The first-order valence-corrected chi connectivity index (χ1v) is 8.97. The van der Waals surface area contributed by atoms with Crippen molar-refractivity contribution in [2.75, 3.05) is 13.1 Å². The zero-order chi connectivity index (χ0) is 15.5. The maximum atomic E-state index is 12.5. The summed E-state index contributed by atoms with van der Waals surface area (Å²) in [7, 11) is -3.30. The van der Waals surface area contributed by atoms with E-state index in [1.807, 2.05) is 24.3 Å². The van der Waals surface area contributed by atoms with Crippen LogP contribution in [-0.2, 0) is 22.3 Å². The van der Waals surface area contributed by atoms with Crippen molar-refractivity contribution in [3.63, 3.8) is 0 Å². The highest BCUT2D eigenvalue weighted by Crippen LogP contribution is 2.24. The van der Waals surface area contributed by atoms with Gasteiger partial charge in [-0.1, -0.05) is 24.3 Å². The third-order valence-corrected chi connectivity index (χ3v) is 6.00. The van der Waals surface area contributed by atoms with Crippen molar-refractivity contribution in [1.29, 1.82) is 0 Å². The number of benzene rings is 1. The van der Waals surface area contributed by atoms with E-state index in [4.69, 9.17) is 5.73 Å². The first-order chi connectivity index (χ1) is 9.92. The van der Waals surface area contributed by atoms with Crippen LogP contribution in [0.2, 0.25) is 0 Å². The third-order valence-electron chi connectivity index (χ3n) is 4.15. The van der Waals surface area contributed by atoms with Crippen LogP contribution in [0.3, 0.4) is 0 Å². The predicted molar refractivity (Wildman–Crippen MR) is 82.9 cm³/mol. The van der Waals surface area contributed by atoms with Crippen LogP contribution in [0.1, 0.15) is 30.9 Å². The average molecular weight is 312 g/mol. The van der Waals surface area contributed by atoms with Gasteiger partial charge in [0.15, 0.2) is 0 Å². The fourth-order valence-corrected chi connectivity index (χ4v) is 4.34. The molecule has 0 amide bonds. The predicted octanol–water partition coefficient (Wildman–Crippen LogP) is 1.07. The van der Waals surface area contributed by atoms with Crippen molar-refractivity contribution in [3.8, 4) is 0 Å². The Labute approximate surface area is 126 Å². The molecule has 0 aromatic heterocycles. The van der Waals surface area contributed by atoms with E-state index in [0.29, 0.717) is 19.6 Å². The van der Waals surface area contributed by atoms with Crippen LogP contribution >= 0.6 is 0 Å². The molecular formula is C15H24N2O3S. The van der Waals surface area contributed by atoms with Gasteiger partial charge in [-0.25, -0.2) is 12.7 Å². The lowest BCUT2D eigenvalue weighted by atomic mass is 9.93. The number of nitrogens with zero attached hydrogens (tertiary/aromatic N) is 1. The highest BCUT2D eigenvalue weighted by Gasteiger charge is 2.29. The van der Waals surface area contributed by atoms with Crippen molar-refractivity contribution < 1.29 is 13.5 Å². The highest BCUT2D eigenvalue weighted by molar-refractivity contribution is 7.88. The average Bonchev–Trinajstić information content (AvgIpc) is 2.47. The van der Waals surface area contributed by atoms with Crippen LogP contribution in [0.15, 0.2) is 24.3 Å². The van der Waals surface area contributed by atoms with E-state index in [1.165, 1.54) is 0 Å². The molecule has 1 saturated heterocycles. The number of aliphatic hydroxyl groups is 1. The molecule has 0 bridgehead atoms. The van der Waals surface area contributed by atoms with Crippen molar-refractivity contribution >= 4 is 10.0 Å². The Kier molecular flexibility index (Phi) is 5.37. The smallest absolute Gasteiger partial charge is 0.218 e. The Morgan fingerprint density at radius 1 is 1.33 bits per heavy atom. The van der Waals surface area contributed by atoms with Crippen LogP contribution < -0.4 is 5.73 Å². The number of piperidine rings is 1. The summed E-state index contributed by atoms with van der Waals surface area (Å²) in [6.07, 6.45) is 1.08. The summed E-state index contributed by atoms with van der Waals surface area (Å²) < 4.78 is 26.5. The summed E-state index contributed by atoms with van der Waals surface area (Å²) in [5.74, 6) is 0.220. The van der Waals surface area contributed by atoms with Gasteiger partial charge in [0.2, 0.25) is 10.0 Å². The fraction of sp³-hybridized carbons (Fsp3) is 0.600. The Balaban J connectivity index is 2.02. The van der Waals surface area contributed by atoms with Crippen molar-refractivity contribution in [3.05, 3.63) is 35.4 Å². The Morgan fingerprint density at radius 3 is 2.52 bits per heavy atom. The van der Waals surface area contributed by atoms with Crippen LogP contribution in [0.4, 0.5) is 0 Å². The van der Waals surface area contributed by atoms with E-state index in [-0.39, 0.29) is 17.8 Å². The normalized spacial score (nSPS) is 19.6. The van der Waals surface area contributed by atoms with Gasteiger partial charge in [0.1, 0.15) is 0 Å². The van der Waals surface area contributed by atoms with E-state index in [2.05, 4.69) is 0 Å². The first-order valence-electron chi connectivity index (χ1n) is 7.36. The van der Waals surface area contributed by atoms with E-state index in [0.717, 1.165) is 24.0 Å². The van der Waals surface area contributed by atoms with Gasteiger partial charge in [-0.3, -0.25) is 0 Å². The fourth-order valence-electron chi connectivity index (χ4n) is 2.78. The molecule has 3 N–H and O–H groups in total. The first kappa shape index (κ1) is 16.4. The maximum Gasteiger partial charge on any atom is 0.218 e. The molecule has 21 heavy (non-hydrogen) atoms. The molecule has 1 aliphatic rings. The van der Waals surface area contributed by atoms with Gasteiger partial charge < -0.3 is 10.8 Å². The Bertz CT molecular complexity index is 564. The molecule has 1 aliphatic heterocycles. The maximum absolute atomic E-state index is 12.5. The molecular weight excluding hydrogens is 288 g/mol. The van der Waals surface area contributed by atoms with Crippen LogP contribution in [0.5, 0.6) is 0 Å². The lowest BCUT2D eigenvalue weighted by Crippen LogP contribution is -2.41. The summed E-state index contributed by atoms with van der Waals surface area (Å²) >= 11 is 0. The molecule has 0 saturated carbocycles. The molecule has 1 aromatic carbocycles. The van der Waals surface area contributed by atoms with Gasteiger partial charge in [0, 0.05) is 19.6 Å². The molecule has 1 unspecified atom stereocenters. The number of hydrogen-bond acceptors (Lipinski definition) is 4. The molecule has 5 nitrogen and oxygen atoms in total. The van der Waals surface area contributed by atoms with Gasteiger partial charge in [-0.2, -0.15) is 0 Å². The summed E-state index contributed by atoms with van der Waals surface area (Å²) in [4.78, 5) is 0. The van der Waals surface area contributed by atoms with Gasteiger partial charge in [0.05, 0.1) is 11.9 Å². The Hall–Kier alpha value is -0.950. The number of sulfonamides is 1. The summed E-state index contributed by atoms with van der Waals surface area (Å²) in [6, 6.07) is 7.40. The minimum absolute atomic E-state index is 0.0141. The SMILES string of the molecule is CC(O)C1CCN(S(=O)(=O)Cc2cccc(CN)c2)CC1. The monoisotopic (exact) mass is 312 g/mol. The summed E-state index contributed by atoms with van der Waals surface area (Å²) in [6.45, 7) is 3.17. The zero-order valence-corrected chi connectivity index (χ0v) is 13.2. The van der Waals surface area contributed by atoms with Crippen molar-refractivity contribution in [2.45, 2.75) is 38.2 Å².